The van der Waals surface area contributed by atoms with Gasteiger partial charge in [0, 0.05) is 28.6 Å². The molecule has 0 saturated heterocycles. The van der Waals surface area contributed by atoms with Gasteiger partial charge in [-0.1, -0.05) is 24.3 Å². The van der Waals surface area contributed by atoms with Crippen molar-refractivity contribution in [1.82, 2.24) is 9.88 Å². The second kappa shape index (κ2) is 6.74. The molecule has 0 aliphatic heterocycles. The van der Waals surface area contributed by atoms with Crippen molar-refractivity contribution < 1.29 is 13.2 Å². The zero-order chi connectivity index (χ0) is 19.9. The summed E-state index contributed by atoms with van der Waals surface area (Å²) < 4.78 is 40.7. The second-order valence-electron chi connectivity index (χ2n) is 6.89. The van der Waals surface area contributed by atoms with Crippen molar-refractivity contribution in [3.8, 4) is 11.3 Å². The highest BCUT2D eigenvalue weighted by Gasteiger charge is 2.33. The Morgan fingerprint density at radius 1 is 1.00 bits per heavy atom. The second-order valence-corrected chi connectivity index (χ2v) is 6.89. The third kappa shape index (κ3) is 3.68. The lowest BCUT2D eigenvalue weighted by atomic mass is 9.99. The molecule has 0 fully saturated rings. The molecule has 4 N–H and O–H groups in total. The summed E-state index contributed by atoms with van der Waals surface area (Å²) in [6, 6.07) is 9.59. The number of nitrogen functional groups attached to an aromatic ring is 2. The molecule has 2 aromatic carbocycles. The first-order valence-electron chi connectivity index (χ1n) is 8.38. The van der Waals surface area contributed by atoms with Crippen molar-refractivity contribution in [3.63, 3.8) is 0 Å². The van der Waals surface area contributed by atoms with E-state index >= 15 is 0 Å². The van der Waals surface area contributed by atoms with Crippen molar-refractivity contribution in [2.24, 2.45) is 0 Å². The van der Waals surface area contributed by atoms with Crippen molar-refractivity contribution in [1.29, 1.82) is 0 Å². The molecule has 0 bridgehead atoms. The summed E-state index contributed by atoms with van der Waals surface area (Å²) in [4.78, 5) is 6.00. The Hall–Kier alpha value is -2.80. The molecule has 0 aliphatic rings. The molecule has 0 radical (unpaired) electrons. The van der Waals surface area contributed by atoms with Crippen LogP contribution in [0, 0.1) is 6.92 Å². The number of fused-ring (bicyclic) bond motifs is 1. The van der Waals surface area contributed by atoms with Gasteiger partial charge < -0.3 is 16.4 Å². The summed E-state index contributed by atoms with van der Waals surface area (Å²) in [5.41, 5.74) is 13.8. The average molecular weight is 374 g/mol. The smallest absolute Gasteiger partial charge is 0.398 e. The van der Waals surface area contributed by atoms with Gasteiger partial charge in [0.1, 0.15) is 5.82 Å². The van der Waals surface area contributed by atoms with E-state index in [1.54, 1.807) is 31.1 Å². The van der Waals surface area contributed by atoms with E-state index < -0.39 is 11.7 Å². The third-order valence-electron chi connectivity index (χ3n) is 4.50. The summed E-state index contributed by atoms with van der Waals surface area (Å²) in [6.07, 6.45) is -4.46. The summed E-state index contributed by atoms with van der Waals surface area (Å²) in [5, 5.41) is 1.37. The maximum Gasteiger partial charge on any atom is 0.416 e. The predicted octanol–water partition coefficient (Wildman–Crippen LogP) is 4.46. The van der Waals surface area contributed by atoms with Crippen LogP contribution >= 0.6 is 0 Å². The summed E-state index contributed by atoms with van der Waals surface area (Å²) in [7, 11) is 3.45. The van der Waals surface area contributed by atoms with Crippen LogP contribution in [0.15, 0.2) is 36.4 Å². The van der Waals surface area contributed by atoms with Crippen LogP contribution in [0.2, 0.25) is 0 Å². The van der Waals surface area contributed by atoms with E-state index in [4.69, 9.17) is 11.5 Å². The zero-order valence-corrected chi connectivity index (χ0v) is 15.4. The Labute approximate surface area is 155 Å². The van der Waals surface area contributed by atoms with Gasteiger partial charge in [0.2, 0.25) is 0 Å². The largest absolute Gasteiger partial charge is 0.416 e. The van der Waals surface area contributed by atoms with Crippen LogP contribution in [0.5, 0.6) is 0 Å². The van der Waals surface area contributed by atoms with Crippen molar-refractivity contribution in [2.45, 2.75) is 19.6 Å². The van der Waals surface area contributed by atoms with E-state index in [0.29, 0.717) is 27.7 Å². The van der Waals surface area contributed by atoms with Crippen molar-refractivity contribution in [2.75, 3.05) is 25.6 Å². The van der Waals surface area contributed by atoms with Gasteiger partial charge in [-0.3, -0.25) is 0 Å². The topological polar surface area (TPSA) is 68.2 Å². The number of halogens is 3. The molecule has 0 aliphatic carbocycles. The molecular formula is C20H21F3N4. The van der Waals surface area contributed by atoms with Crippen LogP contribution in [0.1, 0.15) is 16.7 Å². The molecule has 142 valence electrons. The molecule has 0 amide bonds. The van der Waals surface area contributed by atoms with Gasteiger partial charge in [0.05, 0.1) is 11.3 Å². The lowest BCUT2D eigenvalue weighted by Gasteiger charge is -2.18. The molecule has 0 unspecified atom stereocenters. The maximum absolute atomic E-state index is 13.6. The number of hydrogen-bond acceptors (Lipinski definition) is 4. The standard InChI is InChI=1S/C20H21F3N4/c1-11-4-7-14-15(18(11)24)9-17(26-19(14)25)12-5-6-13(10-27(2)3)16(8-12)20(21,22)23/h4-9H,10,24H2,1-3H3,(H2,25,26). The molecule has 27 heavy (non-hydrogen) atoms. The number of pyridine rings is 1. The molecule has 1 aromatic heterocycles. The van der Waals surface area contributed by atoms with E-state index in [1.165, 1.54) is 6.07 Å². The first-order valence-corrected chi connectivity index (χ1v) is 8.38. The summed E-state index contributed by atoms with van der Waals surface area (Å²) in [5.74, 6) is 0.236. The van der Waals surface area contributed by atoms with Crippen LogP contribution in [0.3, 0.4) is 0 Å². The Bertz CT molecular complexity index is 1010. The molecular weight excluding hydrogens is 353 g/mol. The zero-order valence-electron chi connectivity index (χ0n) is 15.4. The molecule has 3 aromatic rings. The number of alkyl halides is 3. The molecule has 7 heteroatoms. The molecule has 0 atom stereocenters. The number of nitrogens with two attached hydrogens (primary N) is 2. The van der Waals surface area contributed by atoms with Crippen LogP contribution in [0.4, 0.5) is 24.7 Å². The quantitative estimate of drug-likeness (QED) is 0.665. The van der Waals surface area contributed by atoms with Crippen LogP contribution in [0.25, 0.3) is 22.0 Å². The molecule has 1 heterocycles. The summed E-state index contributed by atoms with van der Waals surface area (Å²) >= 11 is 0. The number of anilines is 2. The molecule has 3 rings (SSSR count). The van der Waals surface area contributed by atoms with Gasteiger partial charge in [0.15, 0.2) is 0 Å². The molecule has 0 saturated carbocycles. The van der Waals surface area contributed by atoms with Crippen LogP contribution < -0.4 is 11.5 Å². The van der Waals surface area contributed by atoms with Crippen molar-refractivity contribution >= 4 is 22.3 Å². The highest BCUT2D eigenvalue weighted by molar-refractivity contribution is 6.01. The number of nitrogens with zero attached hydrogens (tertiary/aromatic N) is 2. The fraction of sp³-hybridized carbons (Fsp3) is 0.250. The molecule has 0 spiro atoms. The number of rotatable bonds is 3. The first-order chi connectivity index (χ1) is 12.6. The lowest BCUT2D eigenvalue weighted by molar-refractivity contribution is -0.138. The first kappa shape index (κ1) is 19.0. The van der Waals surface area contributed by atoms with Crippen LogP contribution in [-0.4, -0.2) is 24.0 Å². The highest BCUT2D eigenvalue weighted by Crippen LogP contribution is 2.37. The van der Waals surface area contributed by atoms with Gasteiger partial charge in [-0.15, -0.1) is 0 Å². The van der Waals surface area contributed by atoms with E-state index in [0.717, 1.165) is 11.6 Å². The van der Waals surface area contributed by atoms with Gasteiger partial charge in [-0.2, -0.15) is 13.2 Å². The van der Waals surface area contributed by atoms with Gasteiger partial charge in [0.25, 0.3) is 0 Å². The van der Waals surface area contributed by atoms with E-state index in [1.807, 2.05) is 19.1 Å². The number of aromatic nitrogens is 1. The summed E-state index contributed by atoms with van der Waals surface area (Å²) in [6.45, 7) is 2.05. The monoisotopic (exact) mass is 374 g/mol. The van der Waals surface area contributed by atoms with Crippen molar-refractivity contribution in [3.05, 3.63) is 53.1 Å². The lowest BCUT2D eigenvalue weighted by Crippen LogP contribution is -2.16. The Morgan fingerprint density at radius 3 is 2.33 bits per heavy atom. The minimum atomic E-state index is -4.46. The number of hydrogen-bond donors (Lipinski definition) is 2. The normalized spacial score (nSPS) is 12.1. The Balaban J connectivity index is 2.20. The average Bonchev–Trinajstić information content (AvgIpc) is 2.57. The SMILES string of the molecule is Cc1ccc2c(N)nc(-c3ccc(CN(C)C)c(C(F)(F)F)c3)cc2c1N. The van der Waals surface area contributed by atoms with E-state index in [-0.39, 0.29) is 17.9 Å². The van der Waals surface area contributed by atoms with Gasteiger partial charge in [-0.05, 0) is 44.3 Å². The fourth-order valence-electron chi connectivity index (χ4n) is 3.11. The number of aryl methyl sites for hydroxylation is 1. The Kier molecular flexibility index (Phi) is 4.73. The maximum atomic E-state index is 13.6. The molecule has 4 nitrogen and oxygen atoms in total. The Morgan fingerprint density at radius 2 is 1.70 bits per heavy atom. The minimum Gasteiger partial charge on any atom is -0.398 e. The van der Waals surface area contributed by atoms with Gasteiger partial charge in [-0.25, -0.2) is 4.98 Å². The minimum absolute atomic E-state index is 0.189. The van der Waals surface area contributed by atoms with E-state index in [2.05, 4.69) is 4.98 Å². The fourth-order valence-corrected chi connectivity index (χ4v) is 3.11. The number of benzene rings is 2. The third-order valence-corrected chi connectivity index (χ3v) is 4.50. The van der Waals surface area contributed by atoms with Gasteiger partial charge >= 0.3 is 6.18 Å². The van der Waals surface area contributed by atoms with E-state index in [9.17, 15) is 13.2 Å². The highest BCUT2D eigenvalue weighted by atomic mass is 19.4. The predicted molar refractivity (Wildman–Crippen MR) is 103 cm³/mol. The van der Waals surface area contributed by atoms with Crippen LogP contribution in [-0.2, 0) is 12.7 Å².